The molecule has 3 rings (SSSR count). The van der Waals surface area contributed by atoms with E-state index in [2.05, 4.69) is 26.3 Å². The van der Waals surface area contributed by atoms with Gasteiger partial charge in [0, 0.05) is 31.5 Å². The van der Waals surface area contributed by atoms with Crippen molar-refractivity contribution in [3.8, 4) is 0 Å². The Balaban J connectivity index is 0.00000192. The van der Waals surface area contributed by atoms with E-state index in [-0.39, 0.29) is 35.6 Å². The van der Waals surface area contributed by atoms with Crippen LogP contribution in [0.1, 0.15) is 25.0 Å². The lowest BCUT2D eigenvalue weighted by molar-refractivity contribution is 0.464. The van der Waals surface area contributed by atoms with Crippen LogP contribution in [0.4, 0.5) is 0 Å². The summed E-state index contributed by atoms with van der Waals surface area (Å²) < 4.78 is 23.1. The predicted molar refractivity (Wildman–Crippen MR) is 103 cm³/mol. The van der Waals surface area contributed by atoms with E-state index >= 15 is 0 Å². The lowest BCUT2D eigenvalue weighted by Crippen LogP contribution is -2.40. The van der Waals surface area contributed by atoms with Gasteiger partial charge in [0.25, 0.3) is 0 Å². The van der Waals surface area contributed by atoms with Crippen LogP contribution < -0.4 is 5.32 Å². The molecule has 8 heteroatoms. The van der Waals surface area contributed by atoms with Gasteiger partial charge in [-0.15, -0.1) is 24.0 Å². The lowest BCUT2D eigenvalue weighted by atomic mass is 10.1. The molecular weight excluding hydrogens is 427 g/mol. The molecule has 2 fully saturated rings. The third-order valence-electron chi connectivity index (χ3n) is 4.17. The predicted octanol–water partition coefficient (Wildman–Crippen LogP) is 1.61. The maximum Gasteiger partial charge on any atom is 0.194 e. The van der Waals surface area contributed by atoms with E-state index in [1.807, 2.05) is 19.3 Å². The number of aromatic amines is 1. The summed E-state index contributed by atoms with van der Waals surface area (Å²) >= 11 is 0. The van der Waals surface area contributed by atoms with Gasteiger partial charge in [-0.2, -0.15) is 0 Å². The Hall–Kier alpha value is -0.770. The average molecular weight is 452 g/mol. The number of H-pyrrole nitrogens is 1. The summed E-state index contributed by atoms with van der Waals surface area (Å²) in [6, 6.07) is 4.56. The number of aliphatic imine (C=N–C) groups is 1. The molecule has 1 saturated heterocycles. The maximum absolute atomic E-state index is 11.5. The fourth-order valence-electron chi connectivity index (χ4n) is 2.71. The monoisotopic (exact) mass is 452 g/mol. The first kappa shape index (κ1) is 18.6. The minimum Gasteiger partial charge on any atom is -0.364 e. The Labute approximate surface area is 155 Å². The van der Waals surface area contributed by atoms with Crippen molar-refractivity contribution in [3.05, 3.63) is 24.0 Å². The zero-order chi connectivity index (χ0) is 15.6. The van der Waals surface area contributed by atoms with Crippen LogP contribution in [0.15, 0.2) is 23.3 Å². The molecule has 2 heterocycles. The van der Waals surface area contributed by atoms with Gasteiger partial charge in [-0.1, -0.05) is 0 Å². The van der Waals surface area contributed by atoms with Crippen LogP contribution in [0, 0.1) is 5.92 Å². The summed E-state index contributed by atoms with van der Waals surface area (Å²) in [6.45, 7) is 1.35. The van der Waals surface area contributed by atoms with E-state index in [1.54, 1.807) is 0 Å². The van der Waals surface area contributed by atoms with Crippen molar-refractivity contribution in [2.75, 3.05) is 25.1 Å². The molecule has 1 aromatic heterocycles. The van der Waals surface area contributed by atoms with Crippen LogP contribution in [0.25, 0.3) is 0 Å². The summed E-state index contributed by atoms with van der Waals surface area (Å²) in [5, 5.41) is 3.46. The fourth-order valence-corrected chi connectivity index (χ4v) is 4.56. The van der Waals surface area contributed by atoms with Gasteiger partial charge in [-0.25, -0.2) is 8.42 Å². The second-order valence-corrected chi connectivity index (χ2v) is 8.63. The number of sulfone groups is 1. The Morgan fingerprint density at radius 1 is 1.43 bits per heavy atom. The molecule has 1 aliphatic heterocycles. The van der Waals surface area contributed by atoms with Gasteiger partial charge in [-0.05, 0) is 37.3 Å². The SMILES string of the molecule is CN(Cc1ccc[nH]1)C(=NCC1CCS(=O)(=O)C1)NC1CC1.I. The van der Waals surface area contributed by atoms with Gasteiger partial charge in [0.2, 0.25) is 0 Å². The molecule has 0 aromatic carbocycles. The number of rotatable bonds is 5. The smallest absolute Gasteiger partial charge is 0.194 e. The summed E-state index contributed by atoms with van der Waals surface area (Å²) in [5.74, 6) is 1.64. The minimum atomic E-state index is -2.82. The number of guanidine groups is 1. The second-order valence-electron chi connectivity index (χ2n) is 6.40. The van der Waals surface area contributed by atoms with Crippen LogP contribution in [0.5, 0.6) is 0 Å². The van der Waals surface area contributed by atoms with Crippen LogP contribution in [0.2, 0.25) is 0 Å². The molecule has 2 aliphatic rings. The van der Waals surface area contributed by atoms with Gasteiger partial charge >= 0.3 is 0 Å². The van der Waals surface area contributed by atoms with E-state index in [0.717, 1.165) is 24.6 Å². The first-order valence-electron chi connectivity index (χ1n) is 7.87. The van der Waals surface area contributed by atoms with Gasteiger partial charge in [0.1, 0.15) is 0 Å². The largest absolute Gasteiger partial charge is 0.364 e. The van der Waals surface area contributed by atoms with E-state index in [4.69, 9.17) is 0 Å². The molecule has 1 unspecified atom stereocenters. The average Bonchev–Trinajstić information content (AvgIpc) is 3.01. The third-order valence-corrected chi connectivity index (χ3v) is 6.00. The highest BCUT2D eigenvalue weighted by atomic mass is 127. The molecule has 2 N–H and O–H groups in total. The molecule has 1 saturated carbocycles. The highest BCUT2D eigenvalue weighted by Gasteiger charge is 2.28. The number of nitrogens with one attached hydrogen (secondary N) is 2. The molecule has 23 heavy (non-hydrogen) atoms. The third kappa shape index (κ3) is 5.66. The molecule has 0 spiro atoms. The van der Waals surface area contributed by atoms with Crippen molar-refractivity contribution in [2.45, 2.75) is 31.8 Å². The molecule has 1 aromatic rings. The first-order valence-corrected chi connectivity index (χ1v) is 9.69. The number of hydrogen-bond acceptors (Lipinski definition) is 3. The van der Waals surface area contributed by atoms with Gasteiger partial charge in [0.15, 0.2) is 15.8 Å². The zero-order valence-corrected chi connectivity index (χ0v) is 16.5. The van der Waals surface area contributed by atoms with Crippen LogP contribution in [0.3, 0.4) is 0 Å². The number of hydrogen-bond donors (Lipinski definition) is 2. The van der Waals surface area contributed by atoms with E-state index in [1.165, 1.54) is 12.8 Å². The van der Waals surface area contributed by atoms with Crippen molar-refractivity contribution < 1.29 is 8.42 Å². The zero-order valence-electron chi connectivity index (χ0n) is 13.4. The molecular formula is C15H25IN4O2S. The number of nitrogens with zero attached hydrogens (tertiary/aromatic N) is 2. The van der Waals surface area contributed by atoms with Crippen molar-refractivity contribution in [2.24, 2.45) is 10.9 Å². The minimum absolute atomic E-state index is 0. The topological polar surface area (TPSA) is 77.6 Å². The summed E-state index contributed by atoms with van der Waals surface area (Å²) in [7, 11) is -0.809. The molecule has 0 amide bonds. The molecule has 1 atom stereocenters. The standard InChI is InChI=1S/C15H24N4O2S.HI/c1-19(10-14-3-2-7-16-14)15(18-13-4-5-13)17-9-12-6-8-22(20,21)11-12;/h2-3,7,12-13,16H,4-6,8-11H2,1H3,(H,17,18);1H. The van der Waals surface area contributed by atoms with Crippen molar-refractivity contribution in [1.82, 2.24) is 15.2 Å². The first-order chi connectivity index (χ1) is 10.5. The second kappa shape index (κ2) is 7.87. The Morgan fingerprint density at radius 2 is 2.22 bits per heavy atom. The van der Waals surface area contributed by atoms with Gasteiger partial charge in [0.05, 0.1) is 18.1 Å². The number of aromatic nitrogens is 1. The van der Waals surface area contributed by atoms with Crippen LogP contribution in [-0.2, 0) is 16.4 Å². The van der Waals surface area contributed by atoms with Gasteiger partial charge < -0.3 is 15.2 Å². The summed E-state index contributed by atoms with van der Waals surface area (Å²) in [5.41, 5.74) is 1.14. The normalized spacial score (nSPS) is 23.3. The molecule has 0 radical (unpaired) electrons. The molecule has 1 aliphatic carbocycles. The molecule has 0 bridgehead atoms. The fraction of sp³-hybridized carbons (Fsp3) is 0.667. The van der Waals surface area contributed by atoms with E-state index in [0.29, 0.717) is 18.3 Å². The van der Waals surface area contributed by atoms with Crippen LogP contribution >= 0.6 is 24.0 Å². The number of halogens is 1. The molecule has 130 valence electrons. The van der Waals surface area contributed by atoms with Crippen molar-refractivity contribution >= 4 is 39.8 Å². The summed E-state index contributed by atoms with van der Waals surface area (Å²) in [6.07, 6.45) is 5.03. The quantitative estimate of drug-likeness (QED) is 0.405. The highest BCUT2D eigenvalue weighted by molar-refractivity contribution is 14.0. The Bertz CT molecular complexity index is 626. The van der Waals surface area contributed by atoms with Gasteiger partial charge in [-0.3, -0.25) is 4.99 Å². The van der Waals surface area contributed by atoms with Crippen molar-refractivity contribution in [1.29, 1.82) is 0 Å². The summed E-state index contributed by atoms with van der Waals surface area (Å²) in [4.78, 5) is 9.97. The van der Waals surface area contributed by atoms with E-state index in [9.17, 15) is 8.42 Å². The Kier molecular flexibility index (Phi) is 6.35. The highest BCUT2D eigenvalue weighted by Crippen LogP contribution is 2.21. The van der Waals surface area contributed by atoms with Crippen LogP contribution in [-0.4, -0.2) is 55.4 Å². The molecule has 6 nitrogen and oxygen atoms in total. The van der Waals surface area contributed by atoms with E-state index < -0.39 is 9.84 Å². The van der Waals surface area contributed by atoms with Crippen molar-refractivity contribution in [3.63, 3.8) is 0 Å². The lowest BCUT2D eigenvalue weighted by Gasteiger charge is -2.22. The Morgan fingerprint density at radius 3 is 2.78 bits per heavy atom. The maximum atomic E-state index is 11.5.